The van der Waals surface area contributed by atoms with Crippen LogP contribution in [0.1, 0.15) is 42.2 Å². The molecule has 3 unspecified atom stereocenters. The maximum atomic E-state index is 12.3. The summed E-state index contributed by atoms with van der Waals surface area (Å²) in [6, 6.07) is 17.6. The lowest BCUT2D eigenvalue weighted by atomic mass is 10.0. The summed E-state index contributed by atoms with van der Waals surface area (Å²) in [5, 5.41) is 13.3. The number of amides is 1. The van der Waals surface area contributed by atoms with E-state index in [1.54, 1.807) is 0 Å². The Morgan fingerprint density at radius 2 is 1.86 bits per heavy atom. The average Bonchev–Trinajstić information content (AvgIpc) is 2.84. The molecule has 0 saturated carbocycles. The zero-order chi connectivity index (χ0) is 15.5. The van der Waals surface area contributed by atoms with E-state index in [9.17, 15) is 9.90 Å². The van der Waals surface area contributed by atoms with E-state index in [1.165, 1.54) is 11.1 Å². The lowest BCUT2D eigenvalue weighted by Gasteiger charge is -2.20. The smallest absolute Gasteiger partial charge is 0.223 e. The van der Waals surface area contributed by atoms with Crippen LogP contribution in [0.15, 0.2) is 54.6 Å². The van der Waals surface area contributed by atoms with Crippen molar-refractivity contribution in [3.05, 3.63) is 71.3 Å². The van der Waals surface area contributed by atoms with E-state index in [4.69, 9.17) is 0 Å². The molecule has 3 atom stereocenters. The van der Waals surface area contributed by atoms with E-state index in [0.717, 1.165) is 12.0 Å². The summed E-state index contributed by atoms with van der Waals surface area (Å²) in [4.78, 5) is 12.3. The Labute approximate surface area is 131 Å². The van der Waals surface area contributed by atoms with Crippen LogP contribution in [-0.4, -0.2) is 11.0 Å². The summed E-state index contributed by atoms with van der Waals surface area (Å²) in [5.74, 6) is 0.278. The van der Waals surface area contributed by atoms with Crippen molar-refractivity contribution in [3.8, 4) is 0 Å². The van der Waals surface area contributed by atoms with Gasteiger partial charge in [-0.15, -0.1) is 0 Å². The van der Waals surface area contributed by atoms with Gasteiger partial charge in [-0.25, -0.2) is 0 Å². The van der Waals surface area contributed by atoms with E-state index in [0.29, 0.717) is 5.92 Å². The minimum Gasteiger partial charge on any atom is -0.388 e. The topological polar surface area (TPSA) is 49.3 Å². The first-order chi connectivity index (χ1) is 10.6. The molecule has 0 fully saturated rings. The number of fused-ring (bicyclic) bond motifs is 1. The van der Waals surface area contributed by atoms with Crippen molar-refractivity contribution >= 4 is 5.91 Å². The first-order valence-electron chi connectivity index (χ1n) is 7.75. The molecule has 0 bridgehead atoms. The van der Waals surface area contributed by atoms with Crippen LogP contribution in [0.2, 0.25) is 0 Å². The van der Waals surface area contributed by atoms with E-state index < -0.39 is 6.10 Å². The Balaban J connectivity index is 1.65. The van der Waals surface area contributed by atoms with Crippen molar-refractivity contribution in [1.82, 2.24) is 5.32 Å². The maximum absolute atomic E-state index is 12.3. The summed E-state index contributed by atoms with van der Waals surface area (Å²) in [7, 11) is 0. The number of hydrogen-bond acceptors (Lipinski definition) is 2. The number of carbonyl (C=O) groups excluding carboxylic acids is 1. The molecule has 0 aliphatic heterocycles. The lowest BCUT2D eigenvalue weighted by molar-refractivity contribution is -0.124. The number of rotatable bonds is 4. The van der Waals surface area contributed by atoms with Gasteiger partial charge in [0.15, 0.2) is 0 Å². The Bertz CT molecular complexity index is 653. The van der Waals surface area contributed by atoms with Crippen LogP contribution in [0.3, 0.4) is 0 Å². The van der Waals surface area contributed by atoms with Gasteiger partial charge in [0.2, 0.25) is 5.91 Å². The van der Waals surface area contributed by atoms with Crippen molar-refractivity contribution in [1.29, 1.82) is 0 Å². The van der Waals surface area contributed by atoms with Gasteiger partial charge in [-0.2, -0.15) is 0 Å². The monoisotopic (exact) mass is 295 g/mol. The largest absolute Gasteiger partial charge is 0.388 e. The van der Waals surface area contributed by atoms with Gasteiger partial charge in [0.1, 0.15) is 0 Å². The number of aliphatic hydroxyl groups is 1. The molecular formula is C19H21NO2. The van der Waals surface area contributed by atoms with Crippen LogP contribution in [0.25, 0.3) is 0 Å². The van der Waals surface area contributed by atoms with Crippen molar-refractivity contribution < 1.29 is 9.90 Å². The van der Waals surface area contributed by atoms with Gasteiger partial charge in [0.05, 0.1) is 18.6 Å². The van der Waals surface area contributed by atoms with Gasteiger partial charge in [0, 0.05) is 0 Å². The second-order valence-electron chi connectivity index (χ2n) is 6.06. The van der Waals surface area contributed by atoms with E-state index in [2.05, 4.69) is 24.4 Å². The fourth-order valence-electron chi connectivity index (χ4n) is 3.22. The molecule has 3 rings (SSSR count). The Morgan fingerprint density at radius 1 is 1.18 bits per heavy atom. The van der Waals surface area contributed by atoms with Gasteiger partial charge >= 0.3 is 0 Å². The predicted octanol–water partition coefficient (Wildman–Crippen LogP) is 3.16. The minimum atomic E-state index is -0.756. The Hall–Kier alpha value is -2.13. The molecule has 3 nitrogen and oxygen atoms in total. The zero-order valence-corrected chi connectivity index (χ0v) is 12.7. The van der Waals surface area contributed by atoms with Gasteiger partial charge < -0.3 is 10.4 Å². The third-order valence-electron chi connectivity index (χ3n) is 4.38. The summed E-state index contributed by atoms with van der Waals surface area (Å²) in [6.07, 6.45) is 0.325. The van der Waals surface area contributed by atoms with Crippen LogP contribution in [0.5, 0.6) is 0 Å². The summed E-state index contributed by atoms with van der Waals surface area (Å²) >= 11 is 0. The molecule has 2 aromatic rings. The average molecular weight is 295 g/mol. The number of aliphatic hydroxyl groups excluding tert-OH is 1. The summed E-state index contributed by atoms with van der Waals surface area (Å²) in [6.45, 7) is 2.15. The highest BCUT2D eigenvalue weighted by atomic mass is 16.3. The molecule has 0 saturated heterocycles. The molecular weight excluding hydrogens is 274 g/mol. The number of nitrogens with one attached hydrogen (secondary N) is 1. The van der Waals surface area contributed by atoms with Gasteiger partial charge in [0.25, 0.3) is 0 Å². The van der Waals surface area contributed by atoms with Gasteiger partial charge in [-0.05, 0) is 29.0 Å². The van der Waals surface area contributed by atoms with Crippen LogP contribution >= 0.6 is 0 Å². The van der Waals surface area contributed by atoms with Crippen LogP contribution in [-0.2, 0) is 11.2 Å². The van der Waals surface area contributed by atoms with Crippen molar-refractivity contribution in [2.45, 2.75) is 31.9 Å². The molecule has 2 aromatic carbocycles. The molecule has 114 valence electrons. The van der Waals surface area contributed by atoms with Crippen molar-refractivity contribution in [2.75, 3.05) is 0 Å². The number of hydrogen-bond donors (Lipinski definition) is 2. The van der Waals surface area contributed by atoms with Gasteiger partial charge in [-0.1, -0.05) is 61.5 Å². The van der Waals surface area contributed by atoms with Crippen LogP contribution in [0, 0.1) is 5.92 Å². The highest BCUT2D eigenvalue weighted by Crippen LogP contribution is 2.35. The van der Waals surface area contributed by atoms with Crippen molar-refractivity contribution in [2.24, 2.45) is 5.92 Å². The second-order valence-corrected chi connectivity index (χ2v) is 6.06. The SMILES string of the molecule is CC1Cc2ccccc2C1NC(=O)CC(O)c1ccccc1. The minimum absolute atomic E-state index is 0.0478. The number of carbonyl (C=O) groups is 1. The highest BCUT2D eigenvalue weighted by Gasteiger charge is 2.30. The zero-order valence-electron chi connectivity index (χ0n) is 12.7. The quantitative estimate of drug-likeness (QED) is 0.910. The van der Waals surface area contributed by atoms with Crippen LogP contribution < -0.4 is 5.32 Å². The summed E-state index contributed by atoms with van der Waals surface area (Å²) < 4.78 is 0. The van der Waals surface area contributed by atoms with Crippen LogP contribution in [0.4, 0.5) is 0 Å². The maximum Gasteiger partial charge on any atom is 0.223 e. The predicted molar refractivity (Wildman–Crippen MR) is 86.2 cm³/mol. The molecule has 1 amide bonds. The lowest BCUT2D eigenvalue weighted by Crippen LogP contribution is -2.31. The molecule has 2 N–H and O–H groups in total. The Morgan fingerprint density at radius 3 is 2.64 bits per heavy atom. The second kappa shape index (κ2) is 6.32. The highest BCUT2D eigenvalue weighted by molar-refractivity contribution is 5.77. The Kier molecular flexibility index (Phi) is 4.25. The van der Waals surface area contributed by atoms with E-state index >= 15 is 0 Å². The molecule has 22 heavy (non-hydrogen) atoms. The normalized spacial score (nSPS) is 21.2. The number of benzene rings is 2. The molecule has 0 radical (unpaired) electrons. The molecule has 0 spiro atoms. The third kappa shape index (κ3) is 3.04. The molecule has 3 heteroatoms. The molecule has 1 aliphatic rings. The van der Waals surface area contributed by atoms with E-state index in [-0.39, 0.29) is 18.4 Å². The summed E-state index contributed by atoms with van der Waals surface area (Å²) in [5.41, 5.74) is 3.29. The standard InChI is InChI=1S/C19H21NO2/c1-13-11-15-9-5-6-10-16(15)19(13)20-18(22)12-17(21)14-7-3-2-4-8-14/h2-10,13,17,19,21H,11-12H2,1H3,(H,20,22). The third-order valence-corrected chi connectivity index (χ3v) is 4.38. The first kappa shape index (κ1) is 14.8. The first-order valence-corrected chi connectivity index (χ1v) is 7.75. The van der Waals surface area contributed by atoms with Gasteiger partial charge in [-0.3, -0.25) is 4.79 Å². The van der Waals surface area contributed by atoms with E-state index in [1.807, 2.05) is 42.5 Å². The fraction of sp³-hybridized carbons (Fsp3) is 0.316. The fourth-order valence-corrected chi connectivity index (χ4v) is 3.22. The molecule has 0 heterocycles. The van der Waals surface area contributed by atoms with Crippen molar-refractivity contribution in [3.63, 3.8) is 0 Å². The molecule has 0 aromatic heterocycles. The molecule has 1 aliphatic carbocycles.